The molecule has 1 N–H and O–H groups in total. The van der Waals surface area contributed by atoms with Gasteiger partial charge in [0.05, 0.1) is 11.2 Å². The summed E-state index contributed by atoms with van der Waals surface area (Å²) < 4.78 is 0. The van der Waals surface area contributed by atoms with E-state index < -0.39 is 0 Å². The number of rotatable bonds is 3. The normalized spacial score (nSPS) is 29.2. The van der Waals surface area contributed by atoms with Crippen LogP contribution in [0.1, 0.15) is 61.5 Å². The summed E-state index contributed by atoms with van der Waals surface area (Å²) in [6, 6.07) is 0. The highest BCUT2D eigenvalue weighted by Crippen LogP contribution is 2.40. The smallest absolute Gasteiger partial charge is 0.113 e. The molecule has 1 fully saturated rings. The zero-order valence-corrected chi connectivity index (χ0v) is 13.0. The van der Waals surface area contributed by atoms with Crippen molar-refractivity contribution in [2.24, 2.45) is 5.92 Å². The Bertz CT molecular complexity index is 380. The molecule has 0 spiro atoms. The first-order chi connectivity index (χ1) is 8.57. The molecule has 1 aliphatic carbocycles. The van der Waals surface area contributed by atoms with E-state index in [-0.39, 0.29) is 5.54 Å². The van der Waals surface area contributed by atoms with Gasteiger partial charge in [0.1, 0.15) is 5.01 Å². The minimum Gasteiger partial charge on any atom is -0.306 e. The van der Waals surface area contributed by atoms with Gasteiger partial charge in [-0.3, -0.25) is 0 Å². The molecule has 0 aliphatic heterocycles. The van der Waals surface area contributed by atoms with E-state index in [9.17, 15) is 0 Å². The molecule has 18 heavy (non-hydrogen) atoms. The maximum absolute atomic E-state index is 4.85. The van der Waals surface area contributed by atoms with Gasteiger partial charge in [-0.15, -0.1) is 11.3 Å². The van der Waals surface area contributed by atoms with Gasteiger partial charge in [0.2, 0.25) is 0 Å². The maximum Gasteiger partial charge on any atom is 0.113 e. The van der Waals surface area contributed by atoms with Crippen molar-refractivity contribution in [1.82, 2.24) is 10.3 Å². The maximum atomic E-state index is 4.85. The van der Waals surface area contributed by atoms with Gasteiger partial charge in [-0.25, -0.2) is 4.98 Å². The molecular weight excluding hydrogens is 240 g/mol. The SMILES string of the molecule is CCNC1(c2nc(C)c(C)s2)CCCC(C)CC1. The highest BCUT2D eigenvalue weighted by molar-refractivity contribution is 7.11. The second-order valence-corrected chi connectivity index (χ2v) is 7.01. The monoisotopic (exact) mass is 266 g/mol. The van der Waals surface area contributed by atoms with E-state index in [2.05, 4.69) is 33.0 Å². The number of thiazole rings is 1. The molecule has 1 aromatic rings. The van der Waals surface area contributed by atoms with E-state index in [0.29, 0.717) is 0 Å². The van der Waals surface area contributed by atoms with Gasteiger partial charge in [0, 0.05) is 4.88 Å². The molecule has 0 radical (unpaired) electrons. The molecule has 0 aromatic carbocycles. The summed E-state index contributed by atoms with van der Waals surface area (Å²) in [6.45, 7) is 9.96. The third-order valence-corrected chi connectivity index (χ3v) is 5.59. The number of aryl methyl sites for hydroxylation is 2. The summed E-state index contributed by atoms with van der Waals surface area (Å²) >= 11 is 1.90. The van der Waals surface area contributed by atoms with E-state index in [1.54, 1.807) is 0 Å². The summed E-state index contributed by atoms with van der Waals surface area (Å²) in [7, 11) is 0. The van der Waals surface area contributed by atoms with Gasteiger partial charge < -0.3 is 5.32 Å². The van der Waals surface area contributed by atoms with E-state index in [1.807, 2.05) is 11.3 Å². The Morgan fingerprint density at radius 2 is 2.11 bits per heavy atom. The first-order valence-corrected chi connectivity index (χ1v) is 8.08. The number of nitrogens with one attached hydrogen (secondary N) is 1. The van der Waals surface area contributed by atoms with E-state index in [4.69, 9.17) is 4.98 Å². The molecule has 1 heterocycles. The van der Waals surface area contributed by atoms with Gasteiger partial charge in [0.25, 0.3) is 0 Å². The van der Waals surface area contributed by atoms with Crippen LogP contribution < -0.4 is 5.32 Å². The Morgan fingerprint density at radius 3 is 2.72 bits per heavy atom. The molecule has 2 atom stereocenters. The predicted octanol–water partition coefficient (Wildman–Crippen LogP) is 4.16. The topological polar surface area (TPSA) is 24.9 Å². The van der Waals surface area contributed by atoms with Crippen LogP contribution in [0.2, 0.25) is 0 Å². The lowest BCUT2D eigenvalue weighted by molar-refractivity contribution is 0.292. The van der Waals surface area contributed by atoms with Crippen molar-refractivity contribution >= 4 is 11.3 Å². The molecule has 102 valence electrons. The molecule has 0 amide bonds. The lowest BCUT2D eigenvalue weighted by Gasteiger charge is -2.32. The molecular formula is C15H26N2S. The van der Waals surface area contributed by atoms with Gasteiger partial charge in [-0.1, -0.05) is 26.7 Å². The minimum atomic E-state index is 0.156. The predicted molar refractivity (Wildman–Crippen MR) is 79.2 cm³/mol. The fourth-order valence-corrected chi connectivity index (χ4v) is 4.13. The van der Waals surface area contributed by atoms with Crippen LogP contribution in [0.3, 0.4) is 0 Å². The number of aromatic nitrogens is 1. The average molecular weight is 266 g/mol. The van der Waals surface area contributed by atoms with Crippen molar-refractivity contribution < 1.29 is 0 Å². The van der Waals surface area contributed by atoms with Crippen molar-refractivity contribution in [3.8, 4) is 0 Å². The number of hydrogen-bond acceptors (Lipinski definition) is 3. The van der Waals surface area contributed by atoms with Crippen LogP contribution in [-0.2, 0) is 5.54 Å². The summed E-state index contributed by atoms with van der Waals surface area (Å²) in [6.07, 6.45) is 6.51. The first kappa shape index (κ1) is 14.0. The van der Waals surface area contributed by atoms with Crippen LogP contribution >= 0.6 is 11.3 Å². The van der Waals surface area contributed by atoms with Crippen molar-refractivity contribution in [2.45, 2.75) is 65.3 Å². The molecule has 1 aromatic heterocycles. The van der Waals surface area contributed by atoms with Crippen LogP contribution in [0.25, 0.3) is 0 Å². The molecule has 3 heteroatoms. The van der Waals surface area contributed by atoms with Gasteiger partial charge in [-0.2, -0.15) is 0 Å². The molecule has 1 aliphatic rings. The Morgan fingerprint density at radius 1 is 1.33 bits per heavy atom. The fourth-order valence-electron chi connectivity index (χ4n) is 3.00. The standard InChI is InChI=1S/C15H26N2S/c1-5-16-15(9-6-7-11(2)8-10-15)14-17-12(3)13(4)18-14/h11,16H,5-10H2,1-4H3. The van der Waals surface area contributed by atoms with Crippen LogP contribution in [-0.4, -0.2) is 11.5 Å². The van der Waals surface area contributed by atoms with Gasteiger partial charge in [0.15, 0.2) is 0 Å². The summed E-state index contributed by atoms with van der Waals surface area (Å²) in [5, 5.41) is 5.09. The Kier molecular flexibility index (Phi) is 4.44. The first-order valence-electron chi connectivity index (χ1n) is 7.27. The zero-order chi connectivity index (χ0) is 13.2. The van der Waals surface area contributed by atoms with Crippen LogP contribution in [0.5, 0.6) is 0 Å². The van der Waals surface area contributed by atoms with E-state index in [0.717, 1.165) is 12.5 Å². The molecule has 2 rings (SSSR count). The molecule has 0 saturated heterocycles. The van der Waals surface area contributed by atoms with E-state index >= 15 is 0 Å². The lowest BCUT2D eigenvalue weighted by atomic mass is 9.90. The quantitative estimate of drug-likeness (QED) is 0.831. The Hall–Kier alpha value is -0.410. The second-order valence-electron chi connectivity index (χ2n) is 5.81. The molecule has 2 unspecified atom stereocenters. The van der Waals surface area contributed by atoms with E-state index in [1.165, 1.54) is 47.7 Å². The summed E-state index contributed by atoms with van der Waals surface area (Å²) in [5.41, 5.74) is 1.37. The van der Waals surface area contributed by atoms with Crippen LogP contribution in [0.15, 0.2) is 0 Å². The van der Waals surface area contributed by atoms with Crippen molar-refractivity contribution in [3.63, 3.8) is 0 Å². The molecule has 2 nitrogen and oxygen atoms in total. The minimum absolute atomic E-state index is 0.156. The number of hydrogen-bond donors (Lipinski definition) is 1. The Balaban J connectivity index is 2.30. The van der Waals surface area contributed by atoms with Crippen molar-refractivity contribution in [1.29, 1.82) is 0 Å². The highest BCUT2D eigenvalue weighted by atomic mass is 32.1. The largest absolute Gasteiger partial charge is 0.306 e. The van der Waals surface area contributed by atoms with Crippen molar-refractivity contribution in [3.05, 3.63) is 15.6 Å². The third kappa shape index (κ3) is 2.77. The number of nitrogens with zero attached hydrogens (tertiary/aromatic N) is 1. The Labute approximate surface area is 115 Å². The third-order valence-electron chi connectivity index (χ3n) is 4.32. The highest BCUT2D eigenvalue weighted by Gasteiger charge is 2.36. The zero-order valence-electron chi connectivity index (χ0n) is 12.2. The summed E-state index contributed by atoms with van der Waals surface area (Å²) in [5.74, 6) is 0.868. The second kappa shape index (κ2) is 5.70. The van der Waals surface area contributed by atoms with Crippen LogP contribution in [0.4, 0.5) is 0 Å². The summed E-state index contributed by atoms with van der Waals surface area (Å²) in [4.78, 5) is 6.22. The van der Waals surface area contributed by atoms with Crippen molar-refractivity contribution in [2.75, 3.05) is 6.54 Å². The molecule has 0 bridgehead atoms. The fraction of sp³-hybridized carbons (Fsp3) is 0.800. The van der Waals surface area contributed by atoms with Gasteiger partial charge in [-0.05, 0) is 45.6 Å². The van der Waals surface area contributed by atoms with Gasteiger partial charge >= 0.3 is 0 Å². The average Bonchev–Trinajstić information content (AvgIpc) is 2.56. The molecule has 1 saturated carbocycles. The lowest BCUT2D eigenvalue weighted by Crippen LogP contribution is -2.42. The van der Waals surface area contributed by atoms with Crippen LogP contribution in [0, 0.1) is 19.8 Å².